The maximum Gasteiger partial charge on any atom is 0.241 e. The third kappa shape index (κ3) is 4.77. The second-order valence-corrected chi connectivity index (χ2v) is 6.20. The van der Waals surface area contributed by atoms with Crippen molar-refractivity contribution in [3.8, 4) is 0 Å². The minimum atomic E-state index is -0.265. The first-order valence-corrected chi connectivity index (χ1v) is 8.04. The van der Waals surface area contributed by atoms with Gasteiger partial charge in [0.1, 0.15) is 0 Å². The Labute approximate surface area is 143 Å². The maximum atomic E-state index is 12.4. The molecule has 24 heavy (non-hydrogen) atoms. The lowest BCUT2D eigenvalue weighted by Gasteiger charge is -2.24. The third-order valence-corrected chi connectivity index (χ3v) is 4.15. The van der Waals surface area contributed by atoms with Crippen molar-refractivity contribution in [2.45, 2.75) is 33.4 Å². The molecule has 0 bridgehead atoms. The molecule has 0 aromatic heterocycles. The van der Waals surface area contributed by atoms with E-state index in [2.05, 4.69) is 36.5 Å². The number of likely N-dealkylation sites (N-methyl/N-ethyl adjacent to an activating group) is 1. The van der Waals surface area contributed by atoms with Gasteiger partial charge in [-0.3, -0.25) is 14.5 Å². The first-order chi connectivity index (χ1) is 11.4. The topological polar surface area (TPSA) is 49.4 Å². The number of Topliss-reactive ketones (excluding diaryl/α,β-unsaturated/α-hetero) is 1. The predicted octanol–water partition coefficient (Wildman–Crippen LogP) is 3.66. The molecule has 2 aromatic rings. The van der Waals surface area contributed by atoms with Crippen molar-refractivity contribution < 1.29 is 9.59 Å². The number of nitrogens with zero attached hydrogens (tertiary/aromatic N) is 1. The van der Waals surface area contributed by atoms with Crippen LogP contribution < -0.4 is 5.32 Å². The first kappa shape index (κ1) is 17.9. The molecule has 0 aliphatic carbocycles. The van der Waals surface area contributed by atoms with Crippen molar-refractivity contribution in [1.82, 2.24) is 4.90 Å². The van der Waals surface area contributed by atoms with Gasteiger partial charge in [0.05, 0.1) is 6.04 Å². The number of nitrogens with one attached hydrogen (secondary N) is 1. The molecule has 0 saturated heterocycles. The van der Waals surface area contributed by atoms with E-state index in [0.29, 0.717) is 17.8 Å². The van der Waals surface area contributed by atoms with Crippen LogP contribution in [0, 0.1) is 6.92 Å². The van der Waals surface area contributed by atoms with Gasteiger partial charge >= 0.3 is 0 Å². The van der Waals surface area contributed by atoms with Crippen molar-refractivity contribution in [3.05, 3.63) is 65.2 Å². The van der Waals surface area contributed by atoms with Crippen molar-refractivity contribution in [3.63, 3.8) is 0 Å². The fourth-order valence-electron chi connectivity index (χ4n) is 2.35. The summed E-state index contributed by atoms with van der Waals surface area (Å²) in [5.41, 5.74) is 3.73. The van der Waals surface area contributed by atoms with Gasteiger partial charge < -0.3 is 5.32 Å². The summed E-state index contributed by atoms with van der Waals surface area (Å²) in [7, 11) is 1.93. The summed E-state index contributed by atoms with van der Waals surface area (Å²) < 4.78 is 0. The van der Waals surface area contributed by atoms with Gasteiger partial charge in [-0.25, -0.2) is 0 Å². The zero-order chi connectivity index (χ0) is 17.7. The number of carbonyl (C=O) groups excluding carboxylic acids is 2. The van der Waals surface area contributed by atoms with Crippen LogP contribution in [0.15, 0.2) is 48.5 Å². The Balaban J connectivity index is 1.95. The van der Waals surface area contributed by atoms with Gasteiger partial charge in [0.15, 0.2) is 5.78 Å². The monoisotopic (exact) mass is 324 g/mol. The van der Waals surface area contributed by atoms with Crippen LogP contribution >= 0.6 is 0 Å². The molecule has 0 spiro atoms. The number of ketones is 1. The molecular formula is C20H24N2O2. The summed E-state index contributed by atoms with van der Waals surface area (Å²) in [6.07, 6.45) is 0. The van der Waals surface area contributed by atoms with E-state index in [1.807, 2.05) is 18.9 Å². The molecule has 4 nitrogen and oxygen atoms in total. The third-order valence-electron chi connectivity index (χ3n) is 4.15. The number of carbonyl (C=O) groups is 2. The molecule has 0 saturated carbocycles. The normalized spacial score (nSPS) is 12.0. The first-order valence-electron chi connectivity index (χ1n) is 8.04. The molecule has 1 atom stereocenters. The molecule has 126 valence electrons. The van der Waals surface area contributed by atoms with Crippen LogP contribution in [0.3, 0.4) is 0 Å². The van der Waals surface area contributed by atoms with E-state index in [-0.39, 0.29) is 17.7 Å². The average molecular weight is 324 g/mol. The van der Waals surface area contributed by atoms with Crippen LogP contribution in [0.1, 0.15) is 35.3 Å². The van der Waals surface area contributed by atoms with Gasteiger partial charge in [0, 0.05) is 17.8 Å². The summed E-state index contributed by atoms with van der Waals surface area (Å²) in [4.78, 5) is 25.7. The summed E-state index contributed by atoms with van der Waals surface area (Å²) in [6.45, 7) is 6.17. The zero-order valence-corrected chi connectivity index (χ0v) is 14.7. The quantitative estimate of drug-likeness (QED) is 0.825. The second-order valence-electron chi connectivity index (χ2n) is 6.20. The van der Waals surface area contributed by atoms with Crippen molar-refractivity contribution in [1.29, 1.82) is 0 Å². The fourth-order valence-corrected chi connectivity index (χ4v) is 2.35. The molecule has 0 aliphatic rings. The molecule has 1 N–H and O–H groups in total. The van der Waals surface area contributed by atoms with Crippen molar-refractivity contribution >= 4 is 17.4 Å². The Morgan fingerprint density at radius 1 is 1.04 bits per heavy atom. The van der Waals surface area contributed by atoms with E-state index < -0.39 is 0 Å². The predicted molar refractivity (Wildman–Crippen MR) is 97.2 cm³/mol. The van der Waals surface area contributed by atoms with Crippen LogP contribution in [-0.4, -0.2) is 29.7 Å². The Bertz CT molecular complexity index is 705. The highest BCUT2D eigenvalue weighted by Crippen LogP contribution is 2.13. The minimum Gasteiger partial charge on any atom is -0.325 e. The van der Waals surface area contributed by atoms with Gasteiger partial charge in [-0.2, -0.15) is 0 Å². The molecule has 0 radical (unpaired) electrons. The highest BCUT2D eigenvalue weighted by molar-refractivity contribution is 5.96. The van der Waals surface area contributed by atoms with E-state index >= 15 is 0 Å². The Kier molecular flexibility index (Phi) is 5.88. The lowest BCUT2D eigenvalue weighted by atomic mass is 10.1. The van der Waals surface area contributed by atoms with E-state index in [9.17, 15) is 9.59 Å². The molecule has 2 aromatic carbocycles. The molecule has 4 heteroatoms. The van der Waals surface area contributed by atoms with Crippen LogP contribution in [0.4, 0.5) is 5.69 Å². The largest absolute Gasteiger partial charge is 0.325 e. The Morgan fingerprint density at radius 3 is 2.17 bits per heavy atom. The number of hydrogen-bond acceptors (Lipinski definition) is 3. The zero-order valence-electron chi connectivity index (χ0n) is 14.7. The van der Waals surface area contributed by atoms with E-state index in [1.54, 1.807) is 24.3 Å². The summed E-state index contributed by atoms with van der Waals surface area (Å²) >= 11 is 0. The molecule has 0 heterocycles. The number of anilines is 1. The summed E-state index contributed by atoms with van der Waals surface area (Å²) in [6, 6.07) is 15.0. The number of aryl methyl sites for hydroxylation is 1. The molecule has 0 unspecified atom stereocenters. The van der Waals surface area contributed by atoms with Crippen LogP contribution in [-0.2, 0) is 11.3 Å². The minimum absolute atomic E-state index is 0.0130. The summed E-state index contributed by atoms with van der Waals surface area (Å²) in [5.74, 6) is -0.0562. The fraction of sp³-hybridized carbons (Fsp3) is 0.300. The van der Waals surface area contributed by atoms with Crippen LogP contribution in [0.25, 0.3) is 0 Å². The van der Waals surface area contributed by atoms with Crippen molar-refractivity contribution in [2.75, 3.05) is 12.4 Å². The van der Waals surface area contributed by atoms with Gasteiger partial charge in [-0.1, -0.05) is 29.8 Å². The second kappa shape index (κ2) is 7.88. The highest BCUT2D eigenvalue weighted by atomic mass is 16.2. The van der Waals surface area contributed by atoms with Gasteiger partial charge in [-0.05, 0) is 57.6 Å². The van der Waals surface area contributed by atoms with Crippen LogP contribution in [0.5, 0.6) is 0 Å². The van der Waals surface area contributed by atoms with Gasteiger partial charge in [0.25, 0.3) is 0 Å². The molecule has 2 rings (SSSR count). The number of benzene rings is 2. The number of amides is 1. The highest BCUT2D eigenvalue weighted by Gasteiger charge is 2.18. The smallest absolute Gasteiger partial charge is 0.241 e. The van der Waals surface area contributed by atoms with E-state index in [1.165, 1.54) is 18.1 Å². The number of rotatable bonds is 6. The number of hydrogen-bond donors (Lipinski definition) is 1. The summed E-state index contributed by atoms with van der Waals surface area (Å²) in [5, 5.41) is 2.89. The molecule has 0 fully saturated rings. The van der Waals surface area contributed by atoms with E-state index in [4.69, 9.17) is 0 Å². The molecule has 1 amide bonds. The van der Waals surface area contributed by atoms with Crippen LogP contribution in [0.2, 0.25) is 0 Å². The van der Waals surface area contributed by atoms with Crippen molar-refractivity contribution in [2.24, 2.45) is 0 Å². The SMILES string of the molecule is CC(=O)c1ccc(NC(=O)[C@@H](C)N(C)Cc2ccc(C)cc2)cc1. The molecular weight excluding hydrogens is 300 g/mol. The maximum absolute atomic E-state index is 12.4. The van der Waals surface area contributed by atoms with Gasteiger partial charge in [-0.15, -0.1) is 0 Å². The van der Waals surface area contributed by atoms with Gasteiger partial charge in [0.2, 0.25) is 5.91 Å². The van der Waals surface area contributed by atoms with E-state index in [0.717, 1.165) is 0 Å². The standard InChI is InChI=1S/C20H24N2O2/c1-14-5-7-17(8-6-14)13-22(4)15(2)20(24)21-19-11-9-18(10-12-19)16(3)23/h5-12,15H,13H2,1-4H3,(H,21,24)/t15-/m1/s1. The lowest BCUT2D eigenvalue weighted by Crippen LogP contribution is -2.39. The Morgan fingerprint density at radius 2 is 1.62 bits per heavy atom. The Hall–Kier alpha value is -2.46. The average Bonchev–Trinajstić information content (AvgIpc) is 2.56. The lowest BCUT2D eigenvalue weighted by molar-refractivity contribution is -0.120. The molecule has 0 aliphatic heterocycles.